The summed E-state index contributed by atoms with van der Waals surface area (Å²) in [5, 5.41) is 11.9. The third-order valence-corrected chi connectivity index (χ3v) is 4.05. The first-order valence-corrected chi connectivity index (χ1v) is 6.74. The molecule has 1 aliphatic rings. The monoisotopic (exact) mass is 270 g/mol. The van der Waals surface area contributed by atoms with Crippen molar-refractivity contribution in [3.05, 3.63) is 17.8 Å². The van der Waals surface area contributed by atoms with Crippen molar-refractivity contribution in [3.63, 3.8) is 0 Å². The number of carbonyl (C=O) groups excluding carboxylic acids is 1. The number of nitrogens with one attached hydrogen (secondary N) is 1. The molecule has 0 atom stereocenters. The molecule has 0 aromatic carbocycles. The van der Waals surface area contributed by atoms with E-state index in [1.807, 2.05) is 0 Å². The number of aliphatic carboxylic acids is 1. The summed E-state index contributed by atoms with van der Waals surface area (Å²) in [7, 11) is 0. The Morgan fingerprint density at radius 2 is 2.17 bits per heavy atom. The number of rotatable bonds is 3. The molecular weight excluding hydrogens is 256 g/mol. The highest BCUT2D eigenvalue weighted by molar-refractivity contribution is 7.99. The zero-order valence-electron chi connectivity index (χ0n) is 9.93. The third-order valence-electron chi connectivity index (χ3n) is 3.06. The smallest absolute Gasteiger partial charge is 0.329 e. The predicted octanol–water partition coefficient (Wildman–Crippen LogP) is 1.06. The van der Waals surface area contributed by atoms with Crippen LogP contribution in [-0.4, -0.2) is 39.0 Å². The van der Waals surface area contributed by atoms with Gasteiger partial charge in [0, 0.05) is 0 Å². The average Bonchev–Trinajstić information content (AvgIpc) is 2.76. The molecule has 0 spiro atoms. The summed E-state index contributed by atoms with van der Waals surface area (Å²) in [6.07, 6.45) is 2.02. The number of hydrogen-bond donors (Lipinski definition) is 2. The topological polar surface area (TPSA) is 92.4 Å². The first kappa shape index (κ1) is 12.9. The van der Waals surface area contributed by atoms with Crippen LogP contribution in [0, 0.1) is 6.92 Å². The first-order chi connectivity index (χ1) is 8.55. The zero-order valence-corrected chi connectivity index (χ0v) is 10.7. The molecule has 1 aromatic heterocycles. The zero-order chi connectivity index (χ0) is 13.2. The van der Waals surface area contributed by atoms with Crippen LogP contribution in [0.5, 0.6) is 0 Å². The molecular formula is C11H14N2O4S. The molecule has 1 amide bonds. The molecule has 0 aliphatic carbocycles. The first-order valence-electron chi connectivity index (χ1n) is 5.59. The Kier molecular flexibility index (Phi) is 3.60. The van der Waals surface area contributed by atoms with Crippen molar-refractivity contribution in [1.82, 2.24) is 10.3 Å². The van der Waals surface area contributed by atoms with Crippen LogP contribution >= 0.6 is 11.8 Å². The molecule has 18 heavy (non-hydrogen) atoms. The second kappa shape index (κ2) is 5.01. The lowest BCUT2D eigenvalue weighted by Crippen LogP contribution is -2.56. The summed E-state index contributed by atoms with van der Waals surface area (Å²) in [5.41, 5.74) is -0.722. The molecule has 7 heteroatoms. The Morgan fingerprint density at radius 1 is 1.50 bits per heavy atom. The third kappa shape index (κ3) is 2.35. The maximum absolute atomic E-state index is 12.0. The van der Waals surface area contributed by atoms with Gasteiger partial charge in [0.05, 0.1) is 5.69 Å². The van der Waals surface area contributed by atoms with Crippen LogP contribution in [0.4, 0.5) is 0 Å². The maximum atomic E-state index is 12.0. The summed E-state index contributed by atoms with van der Waals surface area (Å²) >= 11 is 1.69. The van der Waals surface area contributed by atoms with E-state index in [9.17, 15) is 14.7 Å². The second-order valence-corrected chi connectivity index (χ2v) is 5.45. The van der Waals surface area contributed by atoms with Gasteiger partial charge in [-0.25, -0.2) is 9.78 Å². The van der Waals surface area contributed by atoms with E-state index >= 15 is 0 Å². The van der Waals surface area contributed by atoms with Crippen LogP contribution in [0.3, 0.4) is 0 Å². The van der Waals surface area contributed by atoms with E-state index in [1.165, 1.54) is 6.39 Å². The SMILES string of the molecule is Cc1ncoc1C(=O)NC1(C(=O)O)CCSCC1. The second-order valence-electron chi connectivity index (χ2n) is 4.22. The van der Waals surface area contributed by atoms with Gasteiger partial charge in [-0.15, -0.1) is 0 Å². The minimum absolute atomic E-state index is 0.0776. The number of carboxylic acids is 1. The fourth-order valence-corrected chi connectivity index (χ4v) is 3.10. The van der Waals surface area contributed by atoms with E-state index in [2.05, 4.69) is 10.3 Å². The Morgan fingerprint density at radius 3 is 2.67 bits per heavy atom. The highest BCUT2D eigenvalue weighted by Gasteiger charge is 2.42. The van der Waals surface area contributed by atoms with Gasteiger partial charge in [-0.2, -0.15) is 11.8 Å². The lowest BCUT2D eigenvalue weighted by Gasteiger charge is -2.33. The molecule has 0 bridgehead atoms. The van der Waals surface area contributed by atoms with Crippen molar-refractivity contribution < 1.29 is 19.1 Å². The summed E-state index contributed by atoms with van der Waals surface area (Å²) < 4.78 is 4.97. The number of thioether (sulfide) groups is 1. The predicted molar refractivity (Wildman–Crippen MR) is 65.6 cm³/mol. The van der Waals surface area contributed by atoms with Gasteiger partial charge in [0.25, 0.3) is 5.91 Å². The number of hydrogen-bond acceptors (Lipinski definition) is 5. The number of aryl methyl sites for hydroxylation is 1. The quantitative estimate of drug-likeness (QED) is 0.853. The number of carboxylic acid groups (broad SMARTS) is 1. The van der Waals surface area contributed by atoms with E-state index < -0.39 is 17.4 Å². The molecule has 0 radical (unpaired) electrons. The van der Waals surface area contributed by atoms with Gasteiger partial charge in [0.2, 0.25) is 5.76 Å². The molecule has 1 saturated heterocycles. The Hall–Kier alpha value is -1.50. The highest BCUT2D eigenvalue weighted by atomic mass is 32.2. The Bertz CT molecular complexity index is 465. The van der Waals surface area contributed by atoms with Crippen LogP contribution in [0.25, 0.3) is 0 Å². The normalized spacial score (nSPS) is 18.3. The van der Waals surface area contributed by atoms with Gasteiger partial charge in [0.15, 0.2) is 6.39 Å². The molecule has 6 nitrogen and oxygen atoms in total. The van der Waals surface area contributed by atoms with Crippen LogP contribution in [0.2, 0.25) is 0 Å². The maximum Gasteiger partial charge on any atom is 0.329 e. The number of carbonyl (C=O) groups is 2. The van der Waals surface area contributed by atoms with E-state index in [-0.39, 0.29) is 5.76 Å². The van der Waals surface area contributed by atoms with Gasteiger partial charge < -0.3 is 14.8 Å². The van der Waals surface area contributed by atoms with Crippen LogP contribution in [0.15, 0.2) is 10.8 Å². The van der Waals surface area contributed by atoms with Crippen molar-refractivity contribution >= 4 is 23.6 Å². The number of oxazole rings is 1. The summed E-state index contributed by atoms with van der Waals surface area (Å²) in [6, 6.07) is 0. The van der Waals surface area contributed by atoms with E-state index in [1.54, 1.807) is 18.7 Å². The lowest BCUT2D eigenvalue weighted by atomic mass is 9.92. The van der Waals surface area contributed by atoms with Crippen molar-refractivity contribution in [2.24, 2.45) is 0 Å². The van der Waals surface area contributed by atoms with Gasteiger partial charge in [-0.05, 0) is 31.3 Å². The molecule has 1 aromatic rings. The molecule has 98 valence electrons. The Labute approximate surface area is 108 Å². The summed E-state index contributed by atoms with van der Waals surface area (Å²) in [6.45, 7) is 1.64. The van der Waals surface area contributed by atoms with Gasteiger partial charge in [-0.3, -0.25) is 4.79 Å². The number of aromatic nitrogens is 1. The molecule has 1 aliphatic heterocycles. The molecule has 0 unspecified atom stereocenters. The van der Waals surface area contributed by atoms with Crippen molar-refractivity contribution in [2.75, 3.05) is 11.5 Å². The van der Waals surface area contributed by atoms with Crippen molar-refractivity contribution in [1.29, 1.82) is 0 Å². The average molecular weight is 270 g/mol. The van der Waals surface area contributed by atoms with Crippen LogP contribution in [-0.2, 0) is 4.79 Å². The van der Waals surface area contributed by atoms with E-state index in [0.29, 0.717) is 18.5 Å². The summed E-state index contributed by atoms with van der Waals surface area (Å²) in [5.74, 6) is 0.0192. The number of amides is 1. The fraction of sp³-hybridized carbons (Fsp3) is 0.545. The number of nitrogens with zero attached hydrogens (tertiary/aromatic N) is 1. The Balaban J connectivity index is 2.17. The van der Waals surface area contributed by atoms with Gasteiger partial charge >= 0.3 is 5.97 Å². The fourth-order valence-electron chi connectivity index (χ4n) is 1.91. The molecule has 2 heterocycles. The summed E-state index contributed by atoms with van der Waals surface area (Å²) in [4.78, 5) is 27.2. The molecule has 1 fully saturated rings. The van der Waals surface area contributed by atoms with Crippen molar-refractivity contribution in [2.45, 2.75) is 25.3 Å². The van der Waals surface area contributed by atoms with E-state index in [0.717, 1.165) is 11.5 Å². The molecule has 2 N–H and O–H groups in total. The minimum Gasteiger partial charge on any atom is -0.480 e. The van der Waals surface area contributed by atoms with Crippen LogP contribution in [0.1, 0.15) is 29.1 Å². The van der Waals surface area contributed by atoms with Crippen LogP contribution < -0.4 is 5.32 Å². The lowest BCUT2D eigenvalue weighted by molar-refractivity contribution is -0.144. The molecule has 0 saturated carbocycles. The van der Waals surface area contributed by atoms with Crippen molar-refractivity contribution in [3.8, 4) is 0 Å². The standard InChI is InChI=1S/C11H14N2O4S/c1-7-8(17-6-12-7)9(14)13-11(10(15)16)2-4-18-5-3-11/h6H,2-5H2,1H3,(H,13,14)(H,15,16). The largest absolute Gasteiger partial charge is 0.480 e. The minimum atomic E-state index is -1.18. The molecule has 2 rings (SSSR count). The highest BCUT2D eigenvalue weighted by Crippen LogP contribution is 2.28. The van der Waals surface area contributed by atoms with Gasteiger partial charge in [-0.1, -0.05) is 0 Å². The van der Waals surface area contributed by atoms with Gasteiger partial charge in [0.1, 0.15) is 5.54 Å². The van der Waals surface area contributed by atoms with E-state index in [4.69, 9.17) is 4.42 Å².